The molecule has 0 aromatic heterocycles. The topological polar surface area (TPSA) is 90.7 Å². The Balaban J connectivity index is 1.36. The minimum absolute atomic E-state index is 0.0846. The number of halogens is 6. The Morgan fingerprint density at radius 2 is 1.67 bits per heavy atom. The molecule has 2 aromatic rings. The molecule has 4 rings (SSSR count). The van der Waals surface area contributed by atoms with Crippen LogP contribution in [0.3, 0.4) is 0 Å². The minimum Gasteiger partial charge on any atom is -0.367 e. The van der Waals surface area contributed by atoms with Crippen molar-refractivity contribution in [3.05, 3.63) is 58.1 Å². The van der Waals surface area contributed by atoms with Crippen molar-refractivity contribution in [1.82, 2.24) is 10.2 Å². The van der Waals surface area contributed by atoms with Gasteiger partial charge in [-0.2, -0.15) is 13.2 Å². The zero-order valence-electron chi connectivity index (χ0n) is 23.1. The molecule has 1 aliphatic carbocycles. The van der Waals surface area contributed by atoms with Crippen molar-refractivity contribution in [3.63, 3.8) is 0 Å². The number of hydrogen-bond donors (Lipinski definition) is 3. The molecule has 1 aliphatic heterocycles. The van der Waals surface area contributed by atoms with Gasteiger partial charge in [0.25, 0.3) is 5.91 Å². The molecule has 230 valence electrons. The summed E-state index contributed by atoms with van der Waals surface area (Å²) in [5, 5.41) is 5.61. The molecule has 2 aromatic carbocycles. The fourth-order valence-electron chi connectivity index (χ4n) is 5.38. The predicted molar refractivity (Wildman–Crippen MR) is 151 cm³/mol. The molecule has 0 atom stereocenters. The molecule has 1 saturated heterocycles. The van der Waals surface area contributed by atoms with Crippen molar-refractivity contribution < 1.29 is 31.5 Å². The molecule has 0 unspecified atom stereocenters. The fraction of sp³-hybridized carbons (Fsp3) is 0.517. The van der Waals surface area contributed by atoms with Crippen molar-refractivity contribution in [3.8, 4) is 0 Å². The lowest BCUT2D eigenvalue weighted by molar-refractivity contribution is -0.138. The Labute approximate surface area is 246 Å². The van der Waals surface area contributed by atoms with Crippen molar-refractivity contribution in [2.24, 2.45) is 11.7 Å². The second-order valence-corrected chi connectivity index (χ2v) is 11.4. The lowest BCUT2D eigenvalue weighted by Crippen LogP contribution is -2.47. The van der Waals surface area contributed by atoms with Gasteiger partial charge in [-0.3, -0.25) is 14.5 Å². The quantitative estimate of drug-likeness (QED) is 0.326. The fourth-order valence-corrected chi connectivity index (χ4v) is 5.55. The summed E-state index contributed by atoms with van der Waals surface area (Å²) in [6.45, 7) is 1.21. The number of benzene rings is 2. The normalized spacial score (nSPS) is 19.9. The van der Waals surface area contributed by atoms with Gasteiger partial charge >= 0.3 is 6.18 Å². The number of nitrogens with two attached hydrogens (primary N) is 1. The third-order valence-corrected chi connectivity index (χ3v) is 8.12. The summed E-state index contributed by atoms with van der Waals surface area (Å²) < 4.78 is 67.6. The van der Waals surface area contributed by atoms with Crippen molar-refractivity contribution in [2.45, 2.75) is 57.3 Å². The number of rotatable bonds is 9. The van der Waals surface area contributed by atoms with Crippen LogP contribution >= 0.6 is 11.6 Å². The maximum Gasteiger partial charge on any atom is 0.390 e. The summed E-state index contributed by atoms with van der Waals surface area (Å²) >= 11 is 6.17. The summed E-state index contributed by atoms with van der Waals surface area (Å²) in [5.41, 5.74) is 6.12. The molecule has 0 radical (unpaired) electrons. The number of carbonyl (C=O) groups is 2. The van der Waals surface area contributed by atoms with Gasteiger partial charge in [0.1, 0.15) is 0 Å². The minimum atomic E-state index is -4.23. The number of carbonyl (C=O) groups excluding carboxylic acids is 2. The van der Waals surface area contributed by atoms with Crippen molar-refractivity contribution in [1.29, 1.82) is 0 Å². The number of piperazine rings is 1. The van der Waals surface area contributed by atoms with E-state index in [0.717, 1.165) is 31.7 Å². The van der Waals surface area contributed by atoms with Crippen LogP contribution in [0.4, 0.5) is 33.3 Å². The van der Waals surface area contributed by atoms with Gasteiger partial charge in [-0.25, -0.2) is 8.78 Å². The second-order valence-electron chi connectivity index (χ2n) is 11.0. The van der Waals surface area contributed by atoms with Crippen LogP contribution in [0.1, 0.15) is 54.4 Å². The molecule has 2 aliphatic rings. The molecule has 0 bridgehead atoms. The Bertz CT molecular complexity index is 1260. The summed E-state index contributed by atoms with van der Waals surface area (Å²) in [5.74, 6) is -3.49. The monoisotopic (exact) mass is 615 g/mol. The summed E-state index contributed by atoms with van der Waals surface area (Å²) in [6, 6.07) is 7.25. The molecule has 7 nitrogen and oxygen atoms in total. The Kier molecular flexibility index (Phi) is 10.7. The van der Waals surface area contributed by atoms with Gasteiger partial charge < -0.3 is 21.3 Å². The van der Waals surface area contributed by atoms with E-state index in [1.165, 1.54) is 18.2 Å². The SMILES string of the molecule is NC1CCC(CC(=O)NCc2ccc(C(=O)Nc3ccc(Cl)cc3N3CCN(CCC(F)(F)F)CC3)c(F)c2F)CC1. The largest absolute Gasteiger partial charge is 0.390 e. The standard InChI is InChI=1S/C29H35ClF5N5O2/c30-20-4-8-23(24(16-20)40-13-11-39(12-14-40)10-9-29(33,34)35)38-28(42)22-7-3-19(26(31)27(22)32)17-37-25(41)15-18-1-5-21(36)6-2-18/h3-4,7-8,16,18,21H,1-2,5-6,9-15,17,36H2,(H,37,41)(H,38,42). The third-order valence-electron chi connectivity index (χ3n) is 7.88. The van der Waals surface area contributed by atoms with E-state index in [1.54, 1.807) is 11.0 Å². The van der Waals surface area contributed by atoms with E-state index in [2.05, 4.69) is 10.6 Å². The average molecular weight is 616 g/mol. The zero-order chi connectivity index (χ0) is 30.4. The first-order valence-electron chi connectivity index (χ1n) is 14.0. The molecule has 0 spiro atoms. The van der Waals surface area contributed by atoms with Crippen LogP contribution in [0, 0.1) is 17.6 Å². The zero-order valence-corrected chi connectivity index (χ0v) is 23.8. The smallest absolute Gasteiger partial charge is 0.367 e. The van der Waals surface area contributed by atoms with Crippen LogP contribution in [-0.4, -0.2) is 61.7 Å². The van der Waals surface area contributed by atoms with E-state index < -0.39 is 35.7 Å². The van der Waals surface area contributed by atoms with Crippen LogP contribution in [0.25, 0.3) is 0 Å². The highest BCUT2D eigenvalue weighted by molar-refractivity contribution is 6.31. The second kappa shape index (κ2) is 14.0. The molecule has 1 heterocycles. The number of nitrogens with one attached hydrogen (secondary N) is 2. The van der Waals surface area contributed by atoms with Gasteiger partial charge in [-0.1, -0.05) is 17.7 Å². The van der Waals surface area contributed by atoms with Crippen LogP contribution in [-0.2, 0) is 11.3 Å². The number of nitrogens with zero attached hydrogens (tertiary/aromatic N) is 2. The predicted octanol–water partition coefficient (Wildman–Crippen LogP) is 5.47. The van der Waals surface area contributed by atoms with Gasteiger partial charge in [0, 0.05) is 62.3 Å². The van der Waals surface area contributed by atoms with E-state index in [9.17, 15) is 31.5 Å². The molecule has 2 fully saturated rings. The molecule has 4 N–H and O–H groups in total. The van der Waals surface area contributed by atoms with Crippen molar-refractivity contribution in [2.75, 3.05) is 42.9 Å². The lowest BCUT2D eigenvalue weighted by atomic mass is 9.84. The summed E-state index contributed by atoms with van der Waals surface area (Å²) in [7, 11) is 0. The highest BCUT2D eigenvalue weighted by atomic mass is 35.5. The maximum absolute atomic E-state index is 15.0. The average Bonchev–Trinajstić information content (AvgIpc) is 2.95. The van der Waals surface area contributed by atoms with Gasteiger partial charge in [0.15, 0.2) is 11.6 Å². The van der Waals surface area contributed by atoms with E-state index in [1.807, 2.05) is 4.90 Å². The van der Waals surface area contributed by atoms with Crippen LogP contribution in [0.5, 0.6) is 0 Å². The molecule has 2 amide bonds. The Hall–Kier alpha value is -2.96. The van der Waals surface area contributed by atoms with E-state index >= 15 is 0 Å². The molecular weight excluding hydrogens is 581 g/mol. The van der Waals surface area contributed by atoms with Gasteiger partial charge in [0.05, 0.1) is 23.4 Å². The lowest BCUT2D eigenvalue weighted by Gasteiger charge is -2.37. The number of amides is 2. The summed E-state index contributed by atoms with van der Waals surface area (Å²) in [4.78, 5) is 28.9. The first-order chi connectivity index (χ1) is 19.9. The van der Waals surface area contributed by atoms with Gasteiger partial charge in [0.2, 0.25) is 5.91 Å². The van der Waals surface area contributed by atoms with Crippen molar-refractivity contribution >= 4 is 34.8 Å². The van der Waals surface area contributed by atoms with E-state index in [4.69, 9.17) is 17.3 Å². The van der Waals surface area contributed by atoms with E-state index in [-0.39, 0.29) is 36.5 Å². The molecule has 1 saturated carbocycles. The highest BCUT2D eigenvalue weighted by Gasteiger charge is 2.29. The molecule has 13 heteroatoms. The van der Waals surface area contributed by atoms with Crippen LogP contribution < -0.4 is 21.3 Å². The van der Waals surface area contributed by atoms with Crippen LogP contribution in [0.2, 0.25) is 5.02 Å². The molecule has 42 heavy (non-hydrogen) atoms. The Morgan fingerprint density at radius 3 is 2.33 bits per heavy atom. The summed E-state index contributed by atoms with van der Waals surface area (Å²) in [6.07, 6.45) is -1.39. The first-order valence-corrected chi connectivity index (χ1v) is 14.4. The maximum atomic E-state index is 15.0. The highest BCUT2D eigenvalue weighted by Crippen LogP contribution is 2.32. The number of anilines is 2. The Morgan fingerprint density at radius 1 is 0.976 bits per heavy atom. The van der Waals surface area contributed by atoms with Gasteiger partial charge in [-0.05, 0) is 55.9 Å². The third kappa shape index (κ3) is 8.78. The molecular formula is C29H35ClF5N5O2. The number of hydrogen-bond acceptors (Lipinski definition) is 5. The van der Waals surface area contributed by atoms with E-state index in [0.29, 0.717) is 49.0 Å². The first kappa shape index (κ1) is 32.0. The number of alkyl halides is 3. The van der Waals surface area contributed by atoms with Gasteiger partial charge in [-0.15, -0.1) is 0 Å². The van der Waals surface area contributed by atoms with Crippen LogP contribution in [0.15, 0.2) is 30.3 Å².